The molecule has 4 rings (SSSR count). The summed E-state index contributed by atoms with van der Waals surface area (Å²) in [5.41, 5.74) is 1.17. The highest BCUT2D eigenvalue weighted by Crippen LogP contribution is 2.35. The van der Waals surface area contributed by atoms with Crippen LogP contribution in [-0.2, 0) is 4.74 Å². The van der Waals surface area contributed by atoms with Crippen LogP contribution >= 0.6 is 0 Å². The van der Waals surface area contributed by atoms with Crippen LogP contribution in [-0.4, -0.2) is 18.7 Å². The fourth-order valence-corrected chi connectivity index (χ4v) is 2.41. The number of furan rings is 1. The summed E-state index contributed by atoms with van der Waals surface area (Å²) < 4.78 is 16.6. The third kappa shape index (κ3) is 2.62. The van der Waals surface area contributed by atoms with E-state index < -0.39 is 0 Å². The predicted molar refractivity (Wildman–Crippen MR) is 77.4 cm³/mol. The van der Waals surface area contributed by atoms with Gasteiger partial charge in [-0.1, -0.05) is 6.92 Å². The molecule has 0 N–H and O–H groups in total. The van der Waals surface area contributed by atoms with Gasteiger partial charge in [-0.2, -0.15) is 0 Å². The molecule has 0 amide bonds. The summed E-state index contributed by atoms with van der Waals surface area (Å²) in [5, 5.41) is 0.765. The topological polar surface area (TPSA) is 48.7 Å². The van der Waals surface area contributed by atoms with Crippen molar-refractivity contribution in [1.29, 1.82) is 0 Å². The molecule has 2 aliphatic carbocycles. The minimum absolute atomic E-state index is 0.0664. The van der Waals surface area contributed by atoms with E-state index in [0.717, 1.165) is 24.2 Å². The molecule has 0 saturated heterocycles. The van der Waals surface area contributed by atoms with E-state index in [1.165, 1.54) is 19.1 Å². The minimum atomic E-state index is -0.303. The van der Waals surface area contributed by atoms with E-state index in [4.69, 9.17) is 13.9 Å². The molecule has 4 nitrogen and oxygen atoms in total. The van der Waals surface area contributed by atoms with Crippen molar-refractivity contribution in [2.75, 3.05) is 6.61 Å². The van der Waals surface area contributed by atoms with Crippen molar-refractivity contribution in [3.8, 4) is 5.75 Å². The Hall–Kier alpha value is -1.97. The van der Waals surface area contributed by atoms with Crippen LogP contribution in [0, 0.1) is 11.8 Å². The van der Waals surface area contributed by atoms with E-state index in [0.29, 0.717) is 23.0 Å². The third-order valence-corrected chi connectivity index (χ3v) is 4.24. The number of hydrogen-bond donors (Lipinski definition) is 0. The van der Waals surface area contributed by atoms with Gasteiger partial charge in [-0.15, -0.1) is 0 Å². The van der Waals surface area contributed by atoms with Gasteiger partial charge in [-0.25, -0.2) is 4.79 Å². The summed E-state index contributed by atoms with van der Waals surface area (Å²) in [7, 11) is 0. The van der Waals surface area contributed by atoms with Crippen molar-refractivity contribution >= 4 is 16.9 Å². The standard InChI is InChI=1S/C17H18O4/c1-10-6-16(10)21-17(18)14-9-20-15-5-4-12(7-13(14)15)19-8-11-2-3-11/h4-5,7,9-11,16H,2-3,6,8H2,1H3. The Morgan fingerprint density at radius 1 is 1.38 bits per heavy atom. The van der Waals surface area contributed by atoms with Crippen molar-refractivity contribution in [3.63, 3.8) is 0 Å². The highest BCUT2D eigenvalue weighted by molar-refractivity contribution is 6.03. The molecule has 1 aromatic heterocycles. The first kappa shape index (κ1) is 12.7. The molecule has 0 bridgehead atoms. The van der Waals surface area contributed by atoms with Crippen molar-refractivity contribution < 1.29 is 18.7 Å². The Morgan fingerprint density at radius 2 is 2.19 bits per heavy atom. The molecule has 110 valence electrons. The Bertz CT molecular complexity index is 683. The van der Waals surface area contributed by atoms with Gasteiger partial charge in [0.2, 0.25) is 0 Å². The average molecular weight is 286 g/mol. The quantitative estimate of drug-likeness (QED) is 0.785. The average Bonchev–Trinajstić information content (AvgIpc) is 3.37. The van der Waals surface area contributed by atoms with Crippen LogP contribution in [0.5, 0.6) is 5.75 Å². The number of rotatable bonds is 5. The summed E-state index contributed by atoms with van der Waals surface area (Å²) in [6, 6.07) is 5.59. The van der Waals surface area contributed by atoms with Crippen molar-refractivity contribution in [2.45, 2.75) is 32.3 Å². The van der Waals surface area contributed by atoms with Gasteiger partial charge in [0.25, 0.3) is 0 Å². The zero-order chi connectivity index (χ0) is 14.4. The van der Waals surface area contributed by atoms with Crippen LogP contribution in [0.1, 0.15) is 36.5 Å². The second-order valence-electron chi connectivity index (χ2n) is 6.22. The highest BCUT2D eigenvalue weighted by Gasteiger charge is 2.37. The number of carbonyl (C=O) groups is 1. The summed E-state index contributed by atoms with van der Waals surface area (Å²) >= 11 is 0. The maximum atomic E-state index is 12.2. The molecule has 2 aromatic rings. The van der Waals surface area contributed by atoms with Gasteiger partial charge in [-0.3, -0.25) is 0 Å². The van der Waals surface area contributed by atoms with Gasteiger partial charge in [0.1, 0.15) is 29.3 Å². The number of fused-ring (bicyclic) bond motifs is 1. The van der Waals surface area contributed by atoms with Crippen LogP contribution in [0.15, 0.2) is 28.9 Å². The van der Waals surface area contributed by atoms with E-state index in [9.17, 15) is 4.79 Å². The number of hydrogen-bond acceptors (Lipinski definition) is 4. The van der Waals surface area contributed by atoms with Gasteiger partial charge in [0.15, 0.2) is 0 Å². The largest absolute Gasteiger partial charge is 0.493 e. The van der Waals surface area contributed by atoms with Gasteiger partial charge in [0, 0.05) is 5.39 Å². The first-order valence-electron chi connectivity index (χ1n) is 7.56. The molecule has 21 heavy (non-hydrogen) atoms. The number of carbonyl (C=O) groups excluding carboxylic acids is 1. The lowest BCUT2D eigenvalue weighted by Gasteiger charge is -2.05. The lowest BCUT2D eigenvalue weighted by Crippen LogP contribution is -2.07. The van der Waals surface area contributed by atoms with Gasteiger partial charge < -0.3 is 13.9 Å². The smallest absolute Gasteiger partial charge is 0.342 e. The fourth-order valence-electron chi connectivity index (χ4n) is 2.41. The third-order valence-electron chi connectivity index (χ3n) is 4.24. The van der Waals surface area contributed by atoms with Crippen LogP contribution in [0.2, 0.25) is 0 Å². The van der Waals surface area contributed by atoms with Crippen molar-refractivity contribution in [1.82, 2.24) is 0 Å². The molecule has 2 atom stereocenters. The van der Waals surface area contributed by atoms with Crippen LogP contribution in [0.25, 0.3) is 11.0 Å². The van der Waals surface area contributed by atoms with Crippen molar-refractivity contribution in [2.24, 2.45) is 11.8 Å². The molecular weight excluding hydrogens is 268 g/mol. The number of esters is 1. The van der Waals surface area contributed by atoms with E-state index in [1.807, 2.05) is 18.2 Å². The molecule has 1 aromatic carbocycles. The molecule has 1 heterocycles. The zero-order valence-electron chi connectivity index (χ0n) is 12.0. The Labute approximate surface area is 123 Å². The minimum Gasteiger partial charge on any atom is -0.493 e. The maximum absolute atomic E-state index is 12.2. The monoisotopic (exact) mass is 286 g/mol. The molecule has 0 aliphatic heterocycles. The molecule has 2 fully saturated rings. The van der Waals surface area contributed by atoms with E-state index >= 15 is 0 Å². The zero-order valence-corrected chi connectivity index (χ0v) is 12.0. The molecule has 2 unspecified atom stereocenters. The second kappa shape index (κ2) is 4.79. The molecule has 4 heteroatoms. The maximum Gasteiger partial charge on any atom is 0.342 e. The normalized spacial score (nSPS) is 24.0. The Balaban J connectivity index is 1.55. The van der Waals surface area contributed by atoms with E-state index in [-0.39, 0.29) is 12.1 Å². The van der Waals surface area contributed by atoms with Crippen molar-refractivity contribution in [3.05, 3.63) is 30.0 Å². The van der Waals surface area contributed by atoms with Crippen LogP contribution in [0.3, 0.4) is 0 Å². The summed E-state index contributed by atoms with van der Waals surface area (Å²) in [6.07, 6.45) is 5.01. The SMILES string of the molecule is CC1CC1OC(=O)c1coc2ccc(OCC3CC3)cc12. The first-order valence-corrected chi connectivity index (χ1v) is 7.56. The van der Waals surface area contributed by atoms with E-state index in [1.54, 1.807) is 0 Å². The molecule has 0 radical (unpaired) electrons. The fraction of sp³-hybridized carbons (Fsp3) is 0.471. The molecular formula is C17H18O4. The van der Waals surface area contributed by atoms with Gasteiger partial charge in [-0.05, 0) is 49.3 Å². The second-order valence-corrected chi connectivity index (χ2v) is 6.22. The molecule has 2 aliphatic rings. The van der Waals surface area contributed by atoms with E-state index in [2.05, 4.69) is 6.92 Å². The first-order chi connectivity index (χ1) is 10.2. The summed E-state index contributed by atoms with van der Waals surface area (Å²) in [4.78, 5) is 12.2. The number of benzene rings is 1. The Kier molecular flexibility index (Phi) is 2.91. The lowest BCUT2D eigenvalue weighted by atomic mass is 10.1. The van der Waals surface area contributed by atoms with Gasteiger partial charge >= 0.3 is 5.97 Å². The highest BCUT2D eigenvalue weighted by atomic mass is 16.5. The predicted octanol–water partition coefficient (Wildman–Crippen LogP) is 3.79. The Morgan fingerprint density at radius 3 is 2.90 bits per heavy atom. The summed E-state index contributed by atoms with van der Waals surface area (Å²) in [6.45, 7) is 2.83. The van der Waals surface area contributed by atoms with Crippen LogP contribution in [0.4, 0.5) is 0 Å². The molecule has 2 saturated carbocycles. The number of ether oxygens (including phenoxy) is 2. The summed E-state index contributed by atoms with van der Waals surface area (Å²) in [5.74, 6) is 1.66. The molecule has 0 spiro atoms. The van der Waals surface area contributed by atoms with Crippen LogP contribution < -0.4 is 4.74 Å². The van der Waals surface area contributed by atoms with Gasteiger partial charge in [0.05, 0.1) is 6.61 Å². The lowest BCUT2D eigenvalue weighted by molar-refractivity contribution is 0.0455.